The van der Waals surface area contributed by atoms with E-state index in [1.165, 1.54) is 55.5 Å². The predicted octanol–water partition coefficient (Wildman–Crippen LogP) is 4.15. The number of carbonyl (C=O) groups excluding carboxylic acids is 3. The van der Waals surface area contributed by atoms with Gasteiger partial charge in [0.15, 0.2) is 17.9 Å². The number of hydrogen-bond donors (Lipinski definition) is 1. The Morgan fingerprint density at radius 3 is 1.85 bits per heavy atom. The number of rotatable bonds is 8. The molecule has 1 N–H and O–H groups in total. The molecule has 0 bridgehead atoms. The maximum Gasteiger partial charge on any atom is 0.423 e. The van der Waals surface area contributed by atoms with Crippen molar-refractivity contribution in [2.75, 3.05) is 6.61 Å². The van der Waals surface area contributed by atoms with Gasteiger partial charge in [0.05, 0.1) is 16.7 Å². The van der Waals surface area contributed by atoms with Crippen molar-refractivity contribution in [1.29, 1.82) is 0 Å². The fraction of sp³-hybridized carbons (Fsp3) is 0.219. The van der Waals surface area contributed by atoms with Gasteiger partial charge >= 0.3 is 29.8 Å². The van der Waals surface area contributed by atoms with Crippen LogP contribution in [0.15, 0.2) is 107 Å². The summed E-state index contributed by atoms with van der Waals surface area (Å²) in [5.41, 5.74) is -6.83. The molecule has 1 aromatic heterocycles. The Bertz CT molecular complexity index is 1840. The topological polar surface area (TPSA) is 143 Å². The predicted molar refractivity (Wildman–Crippen MR) is 153 cm³/mol. The van der Waals surface area contributed by atoms with Crippen LogP contribution in [0.3, 0.4) is 0 Å². The number of ether oxygens (including phenoxy) is 4. The van der Waals surface area contributed by atoms with Crippen molar-refractivity contribution in [1.82, 2.24) is 9.55 Å². The third kappa shape index (κ3) is 6.61. The van der Waals surface area contributed by atoms with E-state index in [0.717, 1.165) is 0 Å². The van der Waals surface area contributed by atoms with Crippen molar-refractivity contribution in [3.8, 4) is 0 Å². The Balaban J connectivity index is 1.61. The zero-order valence-electron chi connectivity index (χ0n) is 23.9. The minimum absolute atomic E-state index is 0.0133. The monoisotopic (exact) mass is 638 g/mol. The molecule has 0 amide bonds. The highest BCUT2D eigenvalue weighted by atomic mass is 19.4. The van der Waals surface area contributed by atoms with Crippen LogP contribution in [0.1, 0.15) is 49.8 Å². The number of carbonyl (C=O) groups is 3. The number of nitrogens with one attached hydrogen (secondary N) is 1. The molecule has 11 nitrogen and oxygen atoms in total. The minimum atomic E-state index is -5.19. The normalized spacial score (nSPS) is 20.9. The Morgan fingerprint density at radius 1 is 0.826 bits per heavy atom. The highest BCUT2D eigenvalue weighted by Gasteiger charge is 2.61. The van der Waals surface area contributed by atoms with Crippen LogP contribution in [0.25, 0.3) is 0 Å². The SMILES string of the molecule is C[C@@]1(OC(=O)c2ccccc2)[C@H](OC(=O)c2ccccc2)[C@@H](COC(=O)c2ccccc2)O[C@H]1n1cc(C(F)(F)F)c(=O)[nH]c1=O. The van der Waals surface area contributed by atoms with E-state index >= 15 is 0 Å². The molecular formula is C32H25F3N2O9. The first-order chi connectivity index (χ1) is 21.9. The lowest BCUT2D eigenvalue weighted by atomic mass is 9.95. The molecule has 1 saturated heterocycles. The molecule has 2 heterocycles. The molecule has 238 valence electrons. The molecule has 4 aromatic rings. The number of aromatic amines is 1. The summed E-state index contributed by atoms with van der Waals surface area (Å²) >= 11 is 0. The summed E-state index contributed by atoms with van der Waals surface area (Å²) in [4.78, 5) is 66.1. The summed E-state index contributed by atoms with van der Waals surface area (Å²) in [7, 11) is 0. The van der Waals surface area contributed by atoms with Crippen molar-refractivity contribution >= 4 is 17.9 Å². The second kappa shape index (κ2) is 12.9. The van der Waals surface area contributed by atoms with E-state index in [-0.39, 0.29) is 22.9 Å². The van der Waals surface area contributed by atoms with Crippen LogP contribution >= 0.6 is 0 Å². The number of aromatic nitrogens is 2. The smallest absolute Gasteiger partial charge is 0.423 e. The third-order valence-electron chi connectivity index (χ3n) is 7.18. The van der Waals surface area contributed by atoms with Gasteiger partial charge in [-0.1, -0.05) is 54.6 Å². The highest BCUT2D eigenvalue weighted by Crippen LogP contribution is 2.44. The van der Waals surface area contributed by atoms with Crippen LogP contribution in [0, 0.1) is 0 Å². The van der Waals surface area contributed by atoms with Gasteiger partial charge in [-0.25, -0.2) is 19.2 Å². The zero-order chi connectivity index (χ0) is 33.1. The van der Waals surface area contributed by atoms with Gasteiger partial charge in [0.1, 0.15) is 18.3 Å². The molecule has 1 aliphatic rings. The summed E-state index contributed by atoms with van der Waals surface area (Å²) < 4.78 is 64.6. The number of esters is 3. The molecule has 0 saturated carbocycles. The maximum atomic E-state index is 13.8. The maximum absolute atomic E-state index is 13.8. The molecule has 0 radical (unpaired) electrons. The van der Waals surface area contributed by atoms with Gasteiger partial charge in [-0.3, -0.25) is 14.3 Å². The van der Waals surface area contributed by atoms with E-state index in [4.69, 9.17) is 18.9 Å². The average Bonchev–Trinajstić information content (AvgIpc) is 3.30. The number of benzene rings is 3. The van der Waals surface area contributed by atoms with Crippen LogP contribution in [-0.2, 0) is 25.1 Å². The van der Waals surface area contributed by atoms with Crippen molar-refractivity contribution in [2.24, 2.45) is 0 Å². The first-order valence-corrected chi connectivity index (χ1v) is 13.7. The van der Waals surface area contributed by atoms with Crippen molar-refractivity contribution < 1.29 is 46.5 Å². The van der Waals surface area contributed by atoms with E-state index < -0.39 is 71.5 Å². The molecule has 1 aliphatic heterocycles. The van der Waals surface area contributed by atoms with Crippen LogP contribution in [-0.4, -0.2) is 51.9 Å². The molecule has 46 heavy (non-hydrogen) atoms. The Hall–Kier alpha value is -5.50. The van der Waals surface area contributed by atoms with Crippen molar-refractivity contribution in [3.63, 3.8) is 0 Å². The van der Waals surface area contributed by atoms with Crippen LogP contribution in [0.5, 0.6) is 0 Å². The number of hydrogen-bond acceptors (Lipinski definition) is 9. The second-order valence-corrected chi connectivity index (χ2v) is 10.3. The Morgan fingerprint density at radius 2 is 1.33 bits per heavy atom. The molecule has 14 heteroatoms. The molecular weight excluding hydrogens is 613 g/mol. The van der Waals surface area contributed by atoms with E-state index in [9.17, 15) is 37.1 Å². The lowest BCUT2D eigenvalue weighted by Crippen LogP contribution is -2.52. The lowest BCUT2D eigenvalue weighted by molar-refractivity contribution is -0.141. The number of alkyl halides is 3. The lowest BCUT2D eigenvalue weighted by Gasteiger charge is -2.34. The van der Waals surface area contributed by atoms with Gasteiger partial charge in [0.2, 0.25) is 0 Å². The van der Waals surface area contributed by atoms with Crippen molar-refractivity contribution in [2.45, 2.75) is 37.1 Å². The highest BCUT2D eigenvalue weighted by molar-refractivity contribution is 5.91. The third-order valence-corrected chi connectivity index (χ3v) is 7.18. The summed E-state index contributed by atoms with van der Waals surface area (Å²) in [5.74, 6) is -2.77. The second-order valence-electron chi connectivity index (χ2n) is 10.3. The van der Waals surface area contributed by atoms with Crippen LogP contribution < -0.4 is 11.2 Å². The molecule has 3 aromatic carbocycles. The van der Waals surface area contributed by atoms with Crippen LogP contribution in [0.2, 0.25) is 0 Å². The zero-order valence-corrected chi connectivity index (χ0v) is 23.9. The fourth-order valence-electron chi connectivity index (χ4n) is 4.92. The van der Waals surface area contributed by atoms with Crippen molar-refractivity contribution in [3.05, 3.63) is 140 Å². The summed E-state index contributed by atoms with van der Waals surface area (Å²) in [6.07, 6.45) is -10.1. The molecule has 0 spiro atoms. The first kappa shape index (κ1) is 31.9. The molecule has 1 fully saturated rings. The first-order valence-electron chi connectivity index (χ1n) is 13.7. The number of halogens is 3. The van der Waals surface area contributed by atoms with E-state index in [2.05, 4.69) is 0 Å². The van der Waals surface area contributed by atoms with Gasteiger partial charge in [-0.05, 0) is 43.3 Å². The summed E-state index contributed by atoms with van der Waals surface area (Å²) in [5, 5.41) is 0. The average molecular weight is 639 g/mol. The van der Waals surface area contributed by atoms with E-state index in [0.29, 0.717) is 4.57 Å². The quantitative estimate of drug-likeness (QED) is 0.222. The number of H-pyrrole nitrogens is 1. The van der Waals surface area contributed by atoms with Crippen LogP contribution in [0.4, 0.5) is 13.2 Å². The van der Waals surface area contributed by atoms with Gasteiger partial charge in [0.25, 0.3) is 5.56 Å². The van der Waals surface area contributed by atoms with E-state index in [1.54, 1.807) is 47.4 Å². The van der Waals surface area contributed by atoms with E-state index in [1.807, 2.05) is 0 Å². The largest absolute Gasteiger partial charge is 0.459 e. The minimum Gasteiger partial charge on any atom is -0.459 e. The van der Waals surface area contributed by atoms with Gasteiger partial charge < -0.3 is 18.9 Å². The molecule has 0 aliphatic carbocycles. The molecule has 5 rings (SSSR count). The molecule has 4 atom stereocenters. The van der Waals surface area contributed by atoms with Gasteiger partial charge in [0, 0.05) is 6.20 Å². The Kier molecular flexibility index (Phi) is 8.91. The fourth-order valence-corrected chi connectivity index (χ4v) is 4.92. The molecule has 0 unspecified atom stereocenters. The van der Waals surface area contributed by atoms with Gasteiger partial charge in [-0.15, -0.1) is 0 Å². The van der Waals surface area contributed by atoms with Gasteiger partial charge in [-0.2, -0.15) is 13.2 Å². The summed E-state index contributed by atoms with van der Waals surface area (Å²) in [6, 6.07) is 22.9. The summed E-state index contributed by atoms with van der Waals surface area (Å²) in [6.45, 7) is 0.533. The number of nitrogens with zero attached hydrogens (tertiary/aromatic N) is 1. The Labute approximate surface area is 258 Å². The standard InChI is InChI=1S/C32H25F3N2O9/c1-31(46-28(41)21-15-9-4-10-16-21)24(45-27(40)20-13-7-3-8-14-20)23(18-43-26(39)19-11-5-2-6-12-19)44-29(31)37-17-22(32(33,34)35)25(38)36-30(37)42/h2-17,23-24,29H,18H2,1H3,(H,36,38,42)/t23-,24-,29-,31-/m1/s1.